The summed E-state index contributed by atoms with van der Waals surface area (Å²) in [6.45, 7) is 2.81. The van der Waals surface area contributed by atoms with E-state index in [4.69, 9.17) is 5.73 Å². The van der Waals surface area contributed by atoms with E-state index in [-0.39, 0.29) is 5.91 Å². The van der Waals surface area contributed by atoms with Gasteiger partial charge < -0.3 is 11.1 Å². The Labute approximate surface area is 122 Å². The molecule has 0 bridgehead atoms. The van der Waals surface area contributed by atoms with Gasteiger partial charge in [-0.2, -0.15) is 0 Å². The van der Waals surface area contributed by atoms with Crippen LogP contribution in [0.2, 0.25) is 0 Å². The highest BCUT2D eigenvalue weighted by Gasteiger charge is 2.28. The average molecular weight is 287 g/mol. The first-order chi connectivity index (χ1) is 9.65. The van der Waals surface area contributed by atoms with E-state index in [1.54, 1.807) is 16.7 Å². The van der Waals surface area contributed by atoms with Crippen molar-refractivity contribution in [2.24, 2.45) is 5.73 Å². The zero-order chi connectivity index (χ0) is 14.1. The molecular weight excluding hydrogens is 270 g/mol. The van der Waals surface area contributed by atoms with E-state index in [1.807, 2.05) is 12.3 Å². The van der Waals surface area contributed by atoms with Crippen LogP contribution in [0.4, 0.5) is 5.82 Å². The van der Waals surface area contributed by atoms with Crippen LogP contribution in [-0.2, 0) is 6.54 Å². The fourth-order valence-corrected chi connectivity index (χ4v) is 3.18. The highest BCUT2D eigenvalue weighted by atomic mass is 32.1. The van der Waals surface area contributed by atoms with Crippen molar-refractivity contribution < 1.29 is 4.79 Å². The first-order valence-corrected chi connectivity index (χ1v) is 7.59. The molecule has 20 heavy (non-hydrogen) atoms. The number of nitrogens with zero attached hydrogens (tertiary/aromatic N) is 1. The Bertz CT molecular complexity index is 646. The normalized spacial score (nSPS) is 14.2. The van der Waals surface area contributed by atoms with Gasteiger partial charge in [0.1, 0.15) is 5.82 Å². The second kappa shape index (κ2) is 5.25. The lowest BCUT2D eigenvalue weighted by Crippen LogP contribution is -2.09. The minimum Gasteiger partial charge on any atom is -0.366 e. The number of primary amides is 1. The molecular formula is C15H17N3OS. The van der Waals surface area contributed by atoms with Crippen LogP contribution in [0.3, 0.4) is 0 Å². The number of rotatable bonds is 5. The number of hydrogen-bond donors (Lipinski definition) is 2. The fraction of sp³-hybridized carbons (Fsp3) is 0.333. The highest BCUT2D eigenvalue weighted by molar-refractivity contribution is 7.10. The quantitative estimate of drug-likeness (QED) is 0.888. The molecule has 3 rings (SSSR count). The standard InChI is InChI=1S/C15H17N3OS/c1-9-4-5-17-15(13(9)10-2-3-10)18-7-12-6-11(8-20-12)14(16)19/h4-6,8,10H,2-3,7H2,1H3,(H2,16,19)(H,17,18). The Kier molecular flexibility index (Phi) is 3.44. The molecule has 2 heterocycles. The lowest BCUT2D eigenvalue weighted by atomic mass is 10.1. The molecule has 1 fully saturated rings. The summed E-state index contributed by atoms with van der Waals surface area (Å²) in [4.78, 5) is 16.6. The van der Waals surface area contributed by atoms with Crippen LogP contribution < -0.4 is 11.1 Å². The van der Waals surface area contributed by atoms with Crippen LogP contribution in [-0.4, -0.2) is 10.9 Å². The van der Waals surface area contributed by atoms with Crippen LogP contribution in [0, 0.1) is 6.92 Å². The van der Waals surface area contributed by atoms with Gasteiger partial charge in [-0.3, -0.25) is 4.79 Å². The van der Waals surface area contributed by atoms with Gasteiger partial charge in [0, 0.05) is 22.0 Å². The van der Waals surface area contributed by atoms with E-state index >= 15 is 0 Å². The highest BCUT2D eigenvalue weighted by Crippen LogP contribution is 2.44. The van der Waals surface area contributed by atoms with Gasteiger partial charge in [0.2, 0.25) is 5.91 Å². The summed E-state index contributed by atoms with van der Waals surface area (Å²) >= 11 is 1.54. The average Bonchev–Trinajstić information content (AvgIpc) is 3.13. The van der Waals surface area contributed by atoms with E-state index in [0.717, 1.165) is 10.7 Å². The Hall–Kier alpha value is -1.88. The molecule has 0 unspecified atom stereocenters. The number of carbonyl (C=O) groups excluding carboxylic acids is 1. The second-order valence-corrected chi connectivity index (χ2v) is 6.18. The van der Waals surface area contributed by atoms with Crippen LogP contribution in [0.15, 0.2) is 23.7 Å². The number of aryl methyl sites for hydroxylation is 1. The number of nitrogens with one attached hydrogen (secondary N) is 1. The van der Waals surface area contributed by atoms with Crippen molar-refractivity contribution in [3.8, 4) is 0 Å². The molecule has 1 saturated carbocycles. The van der Waals surface area contributed by atoms with Crippen LogP contribution >= 0.6 is 11.3 Å². The Balaban J connectivity index is 1.74. The minimum absolute atomic E-state index is 0.375. The van der Waals surface area contributed by atoms with E-state index in [2.05, 4.69) is 23.3 Å². The van der Waals surface area contributed by atoms with E-state index in [1.165, 1.54) is 24.0 Å². The molecule has 3 N–H and O–H groups in total. The largest absolute Gasteiger partial charge is 0.366 e. The molecule has 0 aromatic carbocycles. The Morgan fingerprint density at radius 2 is 2.35 bits per heavy atom. The van der Waals surface area contributed by atoms with Gasteiger partial charge in [0.05, 0.1) is 12.1 Å². The number of anilines is 1. The summed E-state index contributed by atoms with van der Waals surface area (Å²) in [5.74, 6) is 1.26. The lowest BCUT2D eigenvalue weighted by molar-refractivity contribution is 0.100. The first-order valence-electron chi connectivity index (χ1n) is 6.71. The topological polar surface area (TPSA) is 68.0 Å². The smallest absolute Gasteiger partial charge is 0.249 e. The number of amides is 1. The third-order valence-corrected chi connectivity index (χ3v) is 4.50. The zero-order valence-corrected chi connectivity index (χ0v) is 12.2. The summed E-state index contributed by atoms with van der Waals surface area (Å²) in [6.07, 6.45) is 4.35. The number of aromatic nitrogens is 1. The third kappa shape index (κ3) is 2.67. The van der Waals surface area contributed by atoms with Gasteiger partial charge in [-0.15, -0.1) is 11.3 Å². The van der Waals surface area contributed by atoms with Crippen LogP contribution in [0.5, 0.6) is 0 Å². The van der Waals surface area contributed by atoms with E-state index < -0.39 is 0 Å². The summed E-state index contributed by atoms with van der Waals surface area (Å²) < 4.78 is 0. The Morgan fingerprint density at radius 3 is 3.00 bits per heavy atom. The number of nitrogens with two attached hydrogens (primary N) is 1. The maximum Gasteiger partial charge on any atom is 0.249 e. The third-order valence-electron chi connectivity index (χ3n) is 3.56. The molecule has 104 valence electrons. The van der Waals surface area contributed by atoms with Crippen molar-refractivity contribution in [2.45, 2.75) is 32.2 Å². The van der Waals surface area contributed by atoms with Gasteiger partial charge in [0.25, 0.3) is 0 Å². The second-order valence-electron chi connectivity index (χ2n) is 5.18. The van der Waals surface area contributed by atoms with Crippen molar-refractivity contribution in [2.75, 3.05) is 5.32 Å². The Morgan fingerprint density at radius 1 is 1.55 bits per heavy atom. The van der Waals surface area contributed by atoms with Crippen molar-refractivity contribution in [3.05, 3.63) is 45.3 Å². The van der Waals surface area contributed by atoms with Crippen molar-refractivity contribution in [1.82, 2.24) is 4.98 Å². The predicted octanol–water partition coefficient (Wildman–Crippen LogP) is 3.04. The molecule has 2 aromatic heterocycles. The van der Waals surface area contributed by atoms with Gasteiger partial charge in [0.15, 0.2) is 0 Å². The van der Waals surface area contributed by atoms with Gasteiger partial charge in [-0.1, -0.05) is 0 Å². The number of carbonyl (C=O) groups is 1. The lowest BCUT2D eigenvalue weighted by Gasteiger charge is -2.12. The molecule has 0 aliphatic heterocycles. The van der Waals surface area contributed by atoms with Gasteiger partial charge >= 0.3 is 0 Å². The molecule has 4 nitrogen and oxygen atoms in total. The van der Waals surface area contributed by atoms with Gasteiger partial charge in [-0.05, 0) is 43.4 Å². The summed E-state index contributed by atoms with van der Waals surface area (Å²) in [5, 5.41) is 5.19. The molecule has 1 aliphatic carbocycles. The van der Waals surface area contributed by atoms with Crippen LogP contribution in [0.25, 0.3) is 0 Å². The maximum atomic E-state index is 11.1. The monoisotopic (exact) mass is 287 g/mol. The summed E-state index contributed by atoms with van der Waals surface area (Å²) in [5.41, 5.74) is 8.48. The molecule has 2 aromatic rings. The minimum atomic E-state index is -0.375. The molecule has 0 saturated heterocycles. The number of hydrogen-bond acceptors (Lipinski definition) is 4. The summed E-state index contributed by atoms with van der Waals surface area (Å²) in [7, 11) is 0. The first kappa shape index (κ1) is 13.1. The maximum absolute atomic E-state index is 11.1. The number of pyridine rings is 1. The molecule has 0 atom stereocenters. The molecule has 1 aliphatic rings. The van der Waals surface area contributed by atoms with Crippen molar-refractivity contribution in [1.29, 1.82) is 0 Å². The number of thiophene rings is 1. The molecule has 0 radical (unpaired) electrons. The molecule has 0 spiro atoms. The van der Waals surface area contributed by atoms with Crippen molar-refractivity contribution in [3.63, 3.8) is 0 Å². The van der Waals surface area contributed by atoms with E-state index in [0.29, 0.717) is 18.0 Å². The zero-order valence-electron chi connectivity index (χ0n) is 11.3. The predicted molar refractivity (Wildman–Crippen MR) is 81.1 cm³/mol. The van der Waals surface area contributed by atoms with Crippen molar-refractivity contribution >= 4 is 23.1 Å². The fourth-order valence-electron chi connectivity index (χ4n) is 2.37. The van der Waals surface area contributed by atoms with Crippen LogP contribution in [0.1, 0.15) is 45.1 Å². The van der Waals surface area contributed by atoms with E-state index in [9.17, 15) is 4.79 Å². The molecule has 5 heteroatoms. The molecule has 1 amide bonds. The summed E-state index contributed by atoms with van der Waals surface area (Å²) in [6, 6.07) is 3.90. The van der Waals surface area contributed by atoms with Gasteiger partial charge in [-0.25, -0.2) is 4.98 Å². The SMILES string of the molecule is Cc1ccnc(NCc2cc(C(N)=O)cs2)c1C1CC1.